The van der Waals surface area contributed by atoms with Gasteiger partial charge in [0.05, 0.1) is 5.56 Å². The number of hydrogen-bond donors (Lipinski definition) is 2. The van der Waals surface area contributed by atoms with Gasteiger partial charge in [0.25, 0.3) is 11.5 Å². The molecule has 1 saturated heterocycles. The van der Waals surface area contributed by atoms with Crippen LogP contribution in [-0.4, -0.2) is 44.4 Å². The van der Waals surface area contributed by atoms with Crippen LogP contribution in [0.1, 0.15) is 56.4 Å². The number of benzene rings is 1. The second-order valence-corrected chi connectivity index (χ2v) is 7.66. The van der Waals surface area contributed by atoms with E-state index in [2.05, 4.69) is 10.1 Å². The van der Waals surface area contributed by atoms with Gasteiger partial charge >= 0.3 is 0 Å². The molecule has 0 unspecified atom stereocenters. The summed E-state index contributed by atoms with van der Waals surface area (Å²) >= 11 is 0. The Hall–Kier alpha value is -3.49. The fourth-order valence-electron chi connectivity index (χ4n) is 3.85. The van der Waals surface area contributed by atoms with E-state index in [0.29, 0.717) is 42.8 Å². The molecule has 3 N–H and O–H groups in total. The van der Waals surface area contributed by atoms with E-state index in [9.17, 15) is 18.8 Å². The van der Waals surface area contributed by atoms with Crippen LogP contribution in [0.5, 0.6) is 0 Å². The average Bonchev–Trinajstić information content (AvgIpc) is 3.15. The molecular weight excluding hydrogens is 389 g/mol. The van der Waals surface area contributed by atoms with Crippen molar-refractivity contribution in [3.8, 4) is 0 Å². The number of rotatable bonds is 3. The van der Waals surface area contributed by atoms with Gasteiger partial charge < -0.3 is 10.6 Å². The molecule has 0 radical (unpaired) electrons. The zero-order chi connectivity index (χ0) is 21.6. The van der Waals surface area contributed by atoms with Crippen molar-refractivity contribution in [3.05, 3.63) is 68.5 Å². The van der Waals surface area contributed by atoms with Gasteiger partial charge in [0, 0.05) is 47.6 Å². The highest BCUT2D eigenvalue weighted by atomic mass is 19.1. The Labute approximate surface area is 171 Å². The molecule has 0 spiro atoms. The van der Waals surface area contributed by atoms with E-state index in [1.54, 1.807) is 11.8 Å². The number of aromatic nitrogens is 3. The summed E-state index contributed by atoms with van der Waals surface area (Å²) in [7, 11) is 0. The van der Waals surface area contributed by atoms with Crippen molar-refractivity contribution >= 4 is 17.5 Å². The fraction of sp³-hybridized carbons (Fsp3) is 0.333. The average molecular weight is 411 g/mol. The van der Waals surface area contributed by atoms with Gasteiger partial charge in [-0.25, -0.2) is 13.9 Å². The molecule has 2 aromatic heterocycles. The zero-order valence-corrected chi connectivity index (χ0v) is 16.7. The highest BCUT2D eigenvalue weighted by Gasteiger charge is 2.27. The molecule has 1 aromatic carbocycles. The molecule has 9 heteroatoms. The molecule has 30 heavy (non-hydrogen) atoms. The van der Waals surface area contributed by atoms with Crippen LogP contribution in [0.4, 0.5) is 4.39 Å². The summed E-state index contributed by atoms with van der Waals surface area (Å²) in [5.74, 6) is -1.78. The number of likely N-dealkylation sites (tertiary alicyclic amines) is 1. The molecule has 3 heterocycles. The Balaban J connectivity index is 1.49. The summed E-state index contributed by atoms with van der Waals surface area (Å²) in [6, 6.07) is 5.51. The van der Waals surface area contributed by atoms with Crippen LogP contribution in [0.25, 0.3) is 5.65 Å². The van der Waals surface area contributed by atoms with Gasteiger partial charge in [0.2, 0.25) is 5.91 Å². The van der Waals surface area contributed by atoms with Crippen molar-refractivity contribution in [3.63, 3.8) is 0 Å². The van der Waals surface area contributed by atoms with Crippen molar-refractivity contribution in [1.29, 1.82) is 0 Å². The first-order valence-corrected chi connectivity index (χ1v) is 9.73. The summed E-state index contributed by atoms with van der Waals surface area (Å²) < 4.78 is 15.7. The van der Waals surface area contributed by atoms with Crippen molar-refractivity contribution < 1.29 is 14.0 Å². The fourth-order valence-corrected chi connectivity index (χ4v) is 3.85. The number of primary amides is 1. The lowest BCUT2D eigenvalue weighted by Gasteiger charge is -2.31. The Bertz CT molecular complexity index is 1220. The van der Waals surface area contributed by atoms with Crippen molar-refractivity contribution in [2.75, 3.05) is 13.1 Å². The molecule has 2 amide bonds. The highest BCUT2D eigenvalue weighted by molar-refractivity contribution is 5.97. The third kappa shape index (κ3) is 3.36. The number of nitrogens with one attached hydrogen (secondary N) is 1. The molecule has 4 rings (SSSR count). The molecule has 8 nitrogen and oxygen atoms in total. The van der Waals surface area contributed by atoms with Gasteiger partial charge in [-0.2, -0.15) is 0 Å². The Morgan fingerprint density at radius 1 is 1.20 bits per heavy atom. The van der Waals surface area contributed by atoms with E-state index in [0.717, 1.165) is 11.8 Å². The quantitative estimate of drug-likeness (QED) is 0.685. The number of carbonyl (C=O) groups is 2. The number of aromatic amines is 1. The summed E-state index contributed by atoms with van der Waals surface area (Å²) in [4.78, 5) is 42.3. The lowest BCUT2D eigenvalue weighted by atomic mass is 9.93. The number of fused-ring (bicyclic) bond motifs is 1. The van der Waals surface area contributed by atoms with E-state index in [-0.39, 0.29) is 22.6 Å². The van der Waals surface area contributed by atoms with Gasteiger partial charge in [-0.15, -0.1) is 0 Å². The van der Waals surface area contributed by atoms with Gasteiger partial charge in [-0.3, -0.25) is 19.5 Å². The lowest BCUT2D eigenvalue weighted by molar-refractivity contribution is 0.0706. The molecule has 1 aliphatic heterocycles. The predicted octanol–water partition coefficient (Wildman–Crippen LogP) is 1.90. The summed E-state index contributed by atoms with van der Waals surface area (Å²) in [6.07, 6.45) is 1.35. The number of amides is 2. The first-order chi connectivity index (χ1) is 14.3. The Morgan fingerprint density at radius 3 is 2.53 bits per heavy atom. The summed E-state index contributed by atoms with van der Waals surface area (Å²) in [5, 5.41) is 3.14. The molecule has 1 fully saturated rings. The first kappa shape index (κ1) is 19.8. The van der Waals surface area contributed by atoms with Gasteiger partial charge in [0.15, 0.2) is 5.65 Å². The number of piperidine rings is 1. The van der Waals surface area contributed by atoms with Crippen molar-refractivity contribution in [2.24, 2.45) is 5.73 Å². The number of nitrogens with two attached hydrogens (primary N) is 1. The minimum Gasteiger partial charge on any atom is -0.366 e. The number of H-pyrrole nitrogens is 1. The topological polar surface area (TPSA) is 114 Å². The van der Waals surface area contributed by atoms with Gasteiger partial charge in [-0.05, 0) is 44.9 Å². The smallest absolute Gasteiger partial charge is 0.275 e. The molecule has 0 aliphatic carbocycles. The SMILES string of the molecule is Cc1nc2cc(C3CCN(C(=O)c4ccc(C(N)=O)cc4F)CC3)[nH]n2c(=O)c1C. The number of hydrogen-bond acceptors (Lipinski definition) is 4. The van der Waals surface area contributed by atoms with Crippen molar-refractivity contribution in [2.45, 2.75) is 32.6 Å². The van der Waals surface area contributed by atoms with Crippen LogP contribution >= 0.6 is 0 Å². The maximum absolute atomic E-state index is 14.3. The number of carbonyl (C=O) groups excluding carboxylic acids is 2. The van der Waals surface area contributed by atoms with Crippen LogP contribution in [0.2, 0.25) is 0 Å². The summed E-state index contributed by atoms with van der Waals surface area (Å²) in [5.41, 5.74) is 7.75. The van der Waals surface area contributed by atoms with Crippen LogP contribution in [0, 0.1) is 19.7 Å². The molecule has 0 atom stereocenters. The Kier molecular flexibility index (Phi) is 4.89. The largest absolute Gasteiger partial charge is 0.366 e. The van der Waals surface area contributed by atoms with E-state index < -0.39 is 17.6 Å². The molecule has 0 bridgehead atoms. The normalized spacial score (nSPS) is 15.0. The van der Waals surface area contributed by atoms with Crippen LogP contribution < -0.4 is 11.3 Å². The van der Waals surface area contributed by atoms with Gasteiger partial charge in [-0.1, -0.05) is 0 Å². The van der Waals surface area contributed by atoms with Crippen LogP contribution in [-0.2, 0) is 0 Å². The number of halogens is 1. The van der Waals surface area contributed by atoms with Crippen molar-refractivity contribution in [1.82, 2.24) is 19.5 Å². The van der Waals surface area contributed by atoms with E-state index in [1.807, 2.05) is 13.0 Å². The minimum atomic E-state index is -0.759. The van der Waals surface area contributed by atoms with Gasteiger partial charge in [0.1, 0.15) is 5.82 Å². The Morgan fingerprint density at radius 2 is 1.90 bits per heavy atom. The molecule has 0 saturated carbocycles. The second kappa shape index (κ2) is 7.40. The first-order valence-electron chi connectivity index (χ1n) is 9.73. The highest BCUT2D eigenvalue weighted by Crippen LogP contribution is 2.28. The molecule has 1 aliphatic rings. The zero-order valence-electron chi connectivity index (χ0n) is 16.7. The molecular formula is C21H22FN5O3. The van der Waals surface area contributed by atoms with E-state index >= 15 is 0 Å². The third-order valence-electron chi connectivity index (χ3n) is 5.81. The second-order valence-electron chi connectivity index (χ2n) is 7.66. The van der Waals surface area contributed by atoms with E-state index in [4.69, 9.17) is 5.73 Å². The van der Waals surface area contributed by atoms with Crippen LogP contribution in [0.15, 0.2) is 29.1 Å². The maximum Gasteiger partial charge on any atom is 0.275 e. The predicted molar refractivity (Wildman–Crippen MR) is 108 cm³/mol. The van der Waals surface area contributed by atoms with Crippen LogP contribution in [0.3, 0.4) is 0 Å². The molecule has 156 valence electrons. The molecule has 3 aromatic rings. The lowest BCUT2D eigenvalue weighted by Crippen LogP contribution is -2.38. The van der Waals surface area contributed by atoms with E-state index in [1.165, 1.54) is 16.6 Å². The maximum atomic E-state index is 14.3. The standard InChI is InChI=1S/C21H22FN5O3/c1-11-12(2)24-18-10-17(25-27(18)20(11)29)13-5-7-26(8-6-13)21(30)15-4-3-14(19(23)28)9-16(15)22/h3-4,9-10,13,25H,5-8H2,1-2H3,(H2,23,28). The minimum absolute atomic E-state index is 0.0240. The number of nitrogens with zero attached hydrogens (tertiary/aromatic N) is 3. The third-order valence-corrected chi connectivity index (χ3v) is 5.81. The monoisotopic (exact) mass is 411 g/mol. The number of aryl methyl sites for hydroxylation is 1. The summed E-state index contributed by atoms with van der Waals surface area (Å²) in [6.45, 7) is 4.46.